The van der Waals surface area contributed by atoms with Gasteiger partial charge in [-0.1, -0.05) is 23.4 Å². The Morgan fingerprint density at radius 1 is 1.57 bits per heavy atom. The number of halogens is 1. The maximum Gasteiger partial charge on any atom is 0.309 e. The highest BCUT2D eigenvalue weighted by Gasteiger charge is 2.23. The molecule has 0 aliphatic carbocycles. The van der Waals surface area contributed by atoms with E-state index >= 15 is 0 Å². The highest BCUT2D eigenvalue weighted by Crippen LogP contribution is 2.33. The molecule has 4 nitrogen and oxygen atoms in total. The van der Waals surface area contributed by atoms with Gasteiger partial charge in [-0.2, -0.15) is 0 Å². The summed E-state index contributed by atoms with van der Waals surface area (Å²) >= 11 is 9.04. The smallest absolute Gasteiger partial charge is 0.309 e. The molecule has 0 saturated heterocycles. The zero-order valence-corrected chi connectivity index (χ0v) is 13.3. The van der Waals surface area contributed by atoms with Crippen LogP contribution in [-0.2, 0) is 17.6 Å². The molecule has 7 heteroatoms. The van der Waals surface area contributed by atoms with Gasteiger partial charge in [0.25, 0.3) is 0 Å². The zero-order valence-electron chi connectivity index (χ0n) is 10.9. The summed E-state index contributed by atoms with van der Waals surface area (Å²) in [5.74, 6) is 0.825. The Labute approximate surface area is 135 Å². The normalized spacial score (nSPS) is 16.5. The molecule has 0 radical (unpaired) electrons. The number of thioether (sulfide) groups is 1. The second kappa shape index (κ2) is 6.25. The number of benzene rings is 1. The molecule has 1 N–H and O–H groups in total. The lowest BCUT2D eigenvalue weighted by atomic mass is 10.1. The number of fused-ring (bicyclic) bond motifs is 1. The molecule has 1 aromatic heterocycles. The Morgan fingerprint density at radius 2 is 2.43 bits per heavy atom. The molecule has 1 atom stereocenters. The summed E-state index contributed by atoms with van der Waals surface area (Å²) in [6.45, 7) is 0. The number of aromatic nitrogens is 1. The zero-order chi connectivity index (χ0) is 14.8. The summed E-state index contributed by atoms with van der Waals surface area (Å²) in [5, 5.41) is 11.2. The summed E-state index contributed by atoms with van der Waals surface area (Å²) in [6.07, 6.45) is 0.923. The van der Waals surface area contributed by atoms with Crippen LogP contribution in [0.3, 0.4) is 0 Å². The highest BCUT2D eigenvalue weighted by atomic mass is 35.5. The van der Waals surface area contributed by atoms with Crippen LogP contribution in [0.5, 0.6) is 5.75 Å². The second-order valence-electron chi connectivity index (χ2n) is 4.68. The minimum absolute atomic E-state index is 0.0269. The van der Waals surface area contributed by atoms with Crippen LogP contribution in [0.1, 0.15) is 11.3 Å². The Hall–Kier alpha value is -1.24. The van der Waals surface area contributed by atoms with Crippen molar-refractivity contribution in [3.05, 3.63) is 39.9 Å². The van der Waals surface area contributed by atoms with Gasteiger partial charge in [-0.05, 0) is 23.8 Å². The van der Waals surface area contributed by atoms with Crippen molar-refractivity contribution in [1.82, 2.24) is 4.98 Å². The van der Waals surface area contributed by atoms with Crippen LogP contribution >= 0.6 is 34.7 Å². The van der Waals surface area contributed by atoms with E-state index < -0.39 is 5.97 Å². The molecule has 3 rings (SSSR count). The molecule has 2 aromatic rings. The maximum atomic E-state index is 10.6. The molecule has 0 bridgehead atoms. The van der Waals surface area contributed by atoms with Crippen LogP contribution in [0.15, 0.2) is 27.9 Å². The Balaban J connectivity index is 1.55. The topological polar surface area (TPSA) is 59.4 Å². The van der Waals surface area contributed by atoms with Crippen LogP contribution in [0.2, 0.25) is 5.02 Å². The number of nitrogens with zero attached hydrogens (tertiary/aromatic N) is 1. The molecular weight excluding hydrogens is 330 g/mol. The van der Waals surface area contributed by atoms with Crippen LogP contribution in [0.25, 0.3) is 0 Å². The van der Waals surface area contributed by atoms with E-state index in [2.05, 4.69) is 4.98 Å². The SMILES string of the molecule is O=C(O)Cc1csc(SCC2Cc3cc(Cl)ccc3O2)n1. The van der Waals surface area contributed by atoms with Crippen molar-refractivity contribution < 1.29 is 14.6 Å². The quantitative estimate of drug-likeness (QED) is 0.843. The fourth-order valence-electron chi connectivity index (χ4n) is 2.14. The first-order chi connectivity index (χ1) is 10.1. The number of ether oxygens (including phenoxy) is 1. The molecule has 1 aromatic carbocycles. The average Bonchev–Trinajstić information content (AvgIpc) is 3.01. The Kier molecular flexibility index (Phi) is 4.37. The predicted molar refractivity (Wildman–Crippen MR) is 83.7 cm³/mol. The third-order valence-corrected chi connectivity index (χ3v) is 5.46. The van der Waals surface area contributed by atoms with Gasteiger partial charge < -0.3 is 9.84 Å². The van der Waals surface area contributed by atoms with Gasteiger partial charge in [-0.15, -0.1) is 11.3 Å². The van der Waals surface area contributed by atoms with Crippen molar-refractivity contribution in [3.63, 3.8) is 0 Å². The van der Waals surface area contributed by atoms with E-state index in [0.717, 1.165) is 32.8 Å². The van der Waals surface area contributed by atoms with Crippen molar-refractivity contribution in [3.8, 4) is 5.75 Å². The summed E-state index contributed by atoms with van der Waals surface area (Å²) in [7, 11) is 0. The molecule has 0 spiro atoms. The van der Waals surface area contributed by atoms with Crippen molar-refractivity contribution in [2.75, 3.05) is 5.75 Å². The van der Waals surface area contributed by atoms with Gasteiger partial charge in [0.15, 0.2) is 0 Å². The van der Waals surface area contributed by atoms with Gasteiger partial charge in [0.1, 0.15) is 16.2 Å². The first-order valence-corrected chi connectivity index (χ1v) is 8.58. The van der Waals surface area contributed by atoms with Gasteiger partial charge in [0.2, 0.25) is 0 Å². The Bertz CT molecular complexity index is 674. The Morgan fingerprint density at radius 3 is 3.24 bits per heavy atom. The summed E-state index contributed by atoms with van der Waals surface area (Å²) in [5.41, 5.74) is 1.75. The van der Waals surface area contributed by atoms with Crippen molar-refractivity contribution in [2.45, 2.75) is 23.3 Å². The lowest BCUT2D eigenvalue weighted by Crippen LogP contribution is -2.15. The van der Waals surface area contributed by atoms with E-state index in [0.29, 0.717) is 5.69 Å². The largest absolute Gasteiger partial charge is 0.489 e. The third kappa shape index (κ3) is 3.70. The summed E-state index contributed by atoms with van der Waals surface area (Å²) in [4.78, 5) is 14.9. The van der Waals surface area contributed by atoms with Crippen molar-refractivity contribution in [2.24, 2.45) is 0 Å². The molecule has 0 fully saturated rings. The minimum atomic E-state index is -0.858. The molecule has 0 amide bonds. The molecule has 21 heavy (non-hydrogen) atoms. The van der Waals surface area contributed by atoms with E-state index in [4.69, 9.17) is 21.4 Å². The lowest BCUT2D eigenvalue weighted by molar-refractivity contribution is -0.136. The van der Waals surface area contributed by atoms with Gasteiger partial charge >= 0.3 is 5.97 Å². The number of carboxylic acid groups (broad SMARTS) is 1. The number of thiazole rings is 1. The third-order valence-electron chi connectivity index (χ3n) is 3.02. The first kappa shape index (κ1) is 14.7. The minimum Gasteiger partial charge on any atom is -0.489 e. The number of aliphatic carboxylic acids is 1. The van der Waals surface area contributed by atoms with E-state index in [9.17, 15) is 4.79 Å². The molecule has 2 heterocycles. The van der Waals surface area contributed by atoms with Crippen LogP contribution < -0.4 is 4.74 Å². The predicted octanol–water partition coefficient (Wildman–Crippen LogP) is 3.52. The lowest BCUT2D eigenvalue weighted by Gasteiger charge is -2.08. The molecule has 1 aliphatic heterocycles. The van der Waals surface area contributed by atoms with Gasteiger partial charge in [-0.25, -0.2) is 4.98 Å². The van der Waals surface area contributed by atoms with Crippen LogP contribution in [-0.4, -0.2) is 27.9 Å². The van der Waals surface area contributed by atoms with E-state index in [-0.39, 0.29) is 12.5 Å². The van der Waals surface area contributed by atoms with E-state index in [1.807, 2.05) is 18.2 Å². The van der Waals surface area contributed by atoms with Gasteiger partial charge in [0, 0.05) is 22.6 Å². The van der Waals surface area contributed by atoms with E-state index in [1.54, 1.807) is 17.1 Å². The van der Waals surface area contributed by atoms with E-state index in [1.165, 1.54) is 11.3 Å². The fourth-order valence-corrected chi connectivity index (χ4v) is 4.19. The number of hydrogen-bond acceptors (Lipinski definition) is 5. The standard InChI is InChI=1S/C14H12ClNO3S2/c15-9-1-2-12-8(3-9)4-11(19-12)7-21-14-16-10(6-20-14)5-13(17)18/h1-3,6,11H,4-5,7H2,(H,17,18). The van der Waals surface area contributed by atoms with Gasteiger partial charge in [0.05, 0.1) is 12.1 Å². The number of hydrogen-bond donors (Lipinski definition) is 1. The summed E-state index contributed by atoms with van der Waals surface area (Å²) < 4.78 is 6.74. The van der Waals surface area contributed by atoms with Crippen LogP contribution in [0, 0.1) is 0 Å². The molecule has 0 saturated carbocycles. The number of rotatable bonds is 5. The molecule has 1 aliphatic rings. The molecule has 110 valence electrons. The molecular formula is C14H12ClNO3S2. The second-order valence-corrected chi connectivity index (χ2v) is 7.24. The monoisotopic (exact) mass is 341 g/mol. The highest BCUT2D eigenvalue weighted by molar-refractivity contribution is 8.01. The molecule has 1 unspecified atom stereocenters. The van der Waals surface area contributed by atoms with Crippen molar-refractivity contribution >= 4 is 40.7 Å². The van der Waals surface area contributed by atoms with Crippen LogP contribution in [0.4, 0.5) is 0 Å². The fraction of sp³-hybridized carbons (Fsp3) is 0.286. The van der Waals surface area contributed by atoms with Crippen molar-refractivity contribution in [1.29, 1.82) is 0 Å². The summed E-state index contributed by atoms with van der Waals surface area (Å²) in [6, 6.07) is 5.67. The maximum absolute atomic E-state index is 10.6. The number of carboxylic acids is 1. The first-order valence-electron chi connectivity index (χ1n) is 6.34. The average molecular weight is 342 g/mol. The number of carbonyl (C=O) groups is 1. The van der Waals surface area contributed by atoms with Gasteiger partial charge in [-0.3, -0.25) is 4.79 Å².